The van der Waals surface area contributed by atoms with Crippen molar-refractivity contribution >= 4 is 36.7 Å². The van der Waals surface area contributed by atoms with Gasteiger partial charge in [-0.2, -0.15) is 15.3 Å². The van der Waals surface area contributed by atoms with Gasteiger partial charge in [0.15, 0.2) is 6.29 Å². The predicted octanol–water partition coefficient (Wildman–Crippen LogP) is 1.60. The van der Waals surface area contributed by atoms with Gasteiger partial charge in [0.2, 0.25) is 0 Å². The number of aldehydes is 1. The molecule has 12 heavy (non-hydrogen) atoms. The molecule has 0 spiro atoms. The largest absolute Gasteiger partial charge is 0.298 e. The van der Waals surface area contributed by atoms with E-state index in [1.54, 1.807) is 10.8 Å². The molecule has 0 saturated heterocycles. The van der Waals surface area contributed by atoms with Crippen molar-refractivity contribution in [3.05, 3.63) is 16.3 Å². The summed E-state index contributed by atoms with van der Waals surface area (Å²) in [7, 11) is 0. The number of rotatable bonds is 4. The Morgan fingerprint density at radius 1 is 1.42 bits per heavy atom. The summed E-state index contributed by atoms with van der Waals surface area (Å²) in [6.45, 7) is 6.59. The van der Waals surface area contributed by atoms with Crippen molar-refractivity contribution in [2.24, 2.45) is 10.2 Å². The normalized spacial score (nSPS) is 9.00. The molecule has 0 aromatic carbocycles. The van der Waals surface area contributed by atoms with Crippen LogP contribution in [0.15, 0.2) is 21.0 Å². The van der Waals surface area contributed by atoms with Crippen LogP contribution in [0.2, 0.25) is 0 Å². The number of carbonyl (C=O) groups is 1. The molecule has 5 heteroatoms. The molecule has 1 aromatic rings. The summed E-state index contributed by atoms with van der Waals surface area (Å²) in [4.78, 5) is 10.5. The first-order valence-corrected chi connectivity index (χ1v) is 4.02. The van der Waals surface area contributed by atoms with Gasteiger partial charge in [0.25, 0.3) is 0 Å². The van der Waals surface area contributed by atoms with E-state index in [0.717, 1.165) is 6.29 Å². The van der Waals surface area contributed by atoms with Crippen LogP contribution in [0.3, 0.4) is 0 Å². The smallest absolute Gasteiger partial charge is 0.153 e. The maximum Gasteiger partial charge on any atom is 0.153 e. The summed E-state index contributed by atoms with van der Waals surface area (Å²) in [5.41, 5.74) is 1.15. The van der Waals surface area contributed by atoms with Crippen molar-refractivity contribution in [2.75, 3.05) is 5.12 Å². The van der Waals surface area contributed by atoms with E-state index in [1.165, 1.54) is 16.5 Å². The van der Waals surface area contributed by atoms with Gasteiger partial charge in [-0.25, -0.2) is 0 Å². The lowest BCUT2D eigenvalue weighted by Gasteiger charge is -2.08. The van der Waals surface area contributed by atoms with Gasteiger partial charge >= 0.3 is 0 Å². The molecule has 0 bridgehead atoms. The number of hydrazone groups is 2. The Morgan fingerprint density at radius 2 is 2.08 bits per heavy atom. The second-order valence-electron chi connectivity index (χ2n) is 1.90. The van der Waals surface area contributed by atoms with Gasteiger partial charge < -0.3 is 0 Å². The number of anilines is 1. The third-order valence-corrected chi connectivity index (χ3v) is 2.03. The number of nitrogens with zero attached hydrogens (tertiary/aromatic N) is 3. The van der Waals surface area contributed by atoms with E-state index in [1.807, 2.05) is 0 Å². The Hall–Kier alpha value is -1.49. The second kappa shape index (κ2) is 3.77. The van der Waals surface area contributed by atoms with Crippen LogP contribution < -0.4 is 5.12 Å². The maximum absolute atomic E-state index is 10.5. The van der Waals surface area contributed by atoms with E-state index in [9.17, 15) is 4.79 Å². The van der Waals surface area contributed by atoms with Crippen molar-refractivity contribution in [1.82, 2.24) is 0 Å². The summed E-state index contributed by atoms with van der Waals surface area (Å²) in [6, 6.07) is 0. The highest BCUT2D eigenvalue weighted by Gasteiger charge is 2.08. The summed E-state index contributed by atoms with van der Waals surface area (Å²) in [5, 5.41) is 11.8. The van der Waals surface area contributed by atoms with Gasteiger partial charge in [-0.3, -0.25) is 4.79 Å². The number of thiophene rings is 1. The van der Waals surface area contributed by atoms with E-state index < -0.39 is 0 Å². The first-order chi connectivity index (χ1) is 5.83. The minimum absolute atomic E-state index is 0.541. The van der Waals surface area contributed by atoms with Crippen LogP contribution in [0.25, 0.3) is 0 Å². The molecule has 0 amide bonds. The minimum atomic E-state index is 0.541. The van der Waals surface area contributed by atoms with Crippen molar-refractivity contribution in [3.8, 4) is 0 Å². The van der Waals surface area contributed by atoms with Crippen molar-refractivity contribution in [2.45, 2.75) is 0 Å². The standard InChI is InChI=1S/C7H7N3OS/c1-8-10(9-2)7-5-12-4-6(7)3-11/h3-5H,1-2H2. The summed E-state index contributed by atoms with van der Waals surface area (Å²) in [5.74, 6) is 0. The van der Waals surface area contributed by atoms with Gasteiger partial charge in [-0.05, 0) is 0 Å². The second-order valence-corrected chi connectivity index (χ2v) is 2.65. The molecule has 0 aliphatic heterocycles. The molecular weight excluding hydrogens is 174 g/mol. The molecule has 0 saturated carbocycles. The SMILES string of the molecule is C=NN(N=C)c1cscc1C=O. The molecule has 0 fully saturated rings. The van der Waals surface area contributed by atoms with Crippen LogP contribution in [-0.2, 0) is 0 Å². The van der Waals surface area contributed by atoms with Crippen LogP contribution in [0.5, 0.6) is 0 Å². The monoisotopic (exact) mass is 181 g/mol. The topological polar surface area (TPSA) is 45.0 Å². The van der Waals surface area contributed by atoms with Crippen LogP contribution in [0.4, 0.5) is 5.69 Å². The molecule has 0 N–H and O–H groups in total. The lowest BCUT2D eigenvalue weighted by molar-refractivity contribution is 0.112. The molecule has 0 unspecified atom stereocenters. The Labute approximate surface area is 73.8 Å². The van der Waals surface area contributed by atoms with E-state index >= 15 is 0 Å². The number of hydrogen-bond donors (Lipinski definition) is 0. The lowest BCUT2D eigenvalue weighted by atomic mass is 10.3. The molecule has 4 nitrogen and oxygen atoms in total. The molecule has 0 radical (unpaired) electrons. The summed E-state index contributed by atoms with van der Waals surface area (Å²) < 4.78 is 0. The zero-order valence-corrected chi connectivity index (χ0v) is 7.12. The van der Waals surface area contributed by atoms with Gasteiger partial charge in [0.1, 0.15) is 5.69 Å². The number of hydrogen-bond acceptors (Lipinski definition) is 5. The molecule has 1 aromatic heterocycles. The molecular formula is C7H7N3OS. The van der Waals surface area contributed by atoms with Crippen LogP contribution >= 0.6 is 11.3 Å². The third kappa shape index (κ3) is 1.40. The Kier molecular flexibility index (Phi) is 2.71. The molecule has 1 rings (SSSR count). The fourth-order valence-corrected chi connectivity index (χ4v) is 1.50. The minimum Gasteiger partial charge on any atom is -0.298 e. The van der Waals surface area contributed by atoms with E-state index in [-0.39, 0.29) is 0 Å². The van der Waals surface area contributed by atoms with Crippen LogP contribution in [-0.4, -0.2) is 19.7 Å². The zero-order chi connectivity index (χ0) is 8.97. The van der Waals surface area contributed by atoms with Crippen LogP contribution in [0, 0.1) is 0 Å². The molecule has 0 atom stereocenters. The average Bonchev–Trinajstić information content (AvgIpc) is 2.55. The van der Waals surface area contributed by atoms with Gasteiger partial charge in [0.05, 0.1) is 5.56 Å². The van der Waals surface area contributed by atoms with E-state index in [2.05, 4.69) is 23.6 Å². The van der Waals surface area contributed by atoms with Crippen LogP contribution in [0.1, 0.15) is 10.4 Å². The van der Waals surface area contributed by atoms with Crippen molar-refractivity contribution < 1.29 is 4.79 Å². The maximum atomic E-state index is 10.5. The fourth-order valence-electron chi connectivity index (χ4n) is 0.748. The highest BCUT2D eigenvalue weighted by molar-refractivity contribution is 7.08. The first kappa shape index (κ1) is 8.61. The fraction of sp³-hybridized carbons (Fsp3) is 0. The van der Waals surface area contributed by atoms with E-state index in [4.69, 9.17) is 0 Å². The van der Waals surface area contributed by atoms with E-state index in [0.29, 0.717) is 11.3 Å². The highest BCUT2D eigenvalue weighted by atomic mass is 32.1. The molecule has 0 aliphatic rings. The third-order valence-electron chi connectivity index (χ3n) is 1.28. The highest BCUT2D eigenvalue weighted by Crippen LogP contribution is 2.23. The Morgan fingerprint density at radius 3 is 2.58 bits per heavy atom. The van der Waals surface area contributed by atoms with Crippen molar-refractivity contribution in [3.63, 3.8) is 0 Å². The summed E-state index contributed by atoms with van der Waals surface area (Å²) in [6.07, 6.45) is 0.745. The molecule has 62 valence electrons. The molecule has 0 aliphatic carbocycles. The van der Waals surface area contributed by atoms with Crippen molar-refractivity contribution in [1.29, 1.82) is 0 Å². The quantitative estimate of drug-likeness (QED) is 0.402. The predicted molar refractivity (Wildman–Crippen MR) is 51.3 cm³/mol. The Balaban J connectivity index is 3.06. The molecule has 1 heterocycles. The van der Waals surface area contributed by atoms with Gasteiger partial charge in [-0.1, -0.05) is 0 Å². The van der Waals surface area contributed by atoms with Gasteiger partial charge in [-0.15, -0.1) is 11.3 Å². The van der Waals surface area contributed by atoms with Gasteiger partial charge in [0, 0.05) is 24.2 Å². The Bertz CT molecular complexity index is 299. The average molecular weight is 181 g/mol. The first-order valence-electron chi connectivity index (χ1n) is 3.08. The zero-order valence-electron chi connectivity index (χ0n) is 6.30. The summed E-state index contributed by atoms with van der Waals surface area (Å²) >= 11 is 1.40. The lowest BCUT2D eigenvalue weighted by Crippen LogP contribution is -2.06. The number of carbonyl (C=O) groups excluding carboxylic acids is 1.